The molecule has 102 valence electrons. The van der Waals surface area contributed by atoms with Crippen LogP contribution in [0.2, 0.25) is 0 Å². The number of carbonyl (C=O) groups excluding carboxylic acids is 2. The van der Waals surface area contributed by atoms with E-state index in [4.69, 9.17) is 5.73 Å². The molecule has 19 heavy (non-hydrogen) atoms. The summed E-state index contributed by atoms with van der Waals surface area (Å²) in [5, 5.41) is 0. The van der Waals surface area contributed by atoms with Crippen LogP contribution in [0, 0.1) is 5.92 Å². The van der Waals surface area contributed by atoms with Crippen molar-refractivity contribution < 1.29 is 9.59 Å². The first-order valence-electron chi connectivity index (χ1n) is 6.65. The van der Waals surface area contributed by atoms with Gasteiger partial charge in [-0.05, 0) is 23.1 Å². The molecule has 2 N–H and O–H groups in total. The Balaban J connectivity index is 2.39. The van der Waals surface area contributed by atoms with Crippen molar-refractivity contribution in [3.8, 4) is 0 Å². The van der Waals surface area contributed by atoms with Crippen molar-refractivity contribution in [2.45, 2.75) is 32.7 Å². The van der Waals surface area contributed by atoms with Gasteiger partial charge in [0, 0.05) is 18.7 Å². The Kier molecular flexibility index (Phi) is 3.71. The van der Waals surface area contributed by atoms with Gasteiger partial charge in [-0.3, -0.25) is 14.5 Å². The van der Waals surface area contributed by atoms with Gasteiger partial charge in [-0.2, -0.15) is 0 Å². The monoisotopic (exact) mass is 260 g/mol. The van der Waals surface area contributed by atoms with Gasteiger partial charge in [0.25, 0.3) is 5.91 Å². The SMILES string of the molecule is CCC(C)C(N)c1ccc2c(c1)C(=O)N(C)C(=O)C2. The van der Waals surface area contributed by atoms with Crippen molar-refractivity contribution in [3.63, 3.8) is 0 Å². The van der Waals surface area contributed by atoms with Gasteiger partial charge in [-0.1, -0.05) is 32.4 Å². The molecule has 2 atom stereocenters. The van der Waals surface area contributed by atoms with E-state index in [0.717, 1.165) is 17.5 Å². The third-order valence-corrected chi connectivity index (χ3v) is 4.03. The van der Waals surface area contributed by atoms with Gasteiger partial charge in [0.1, 0.15) is 0 Å². The molecule has 2 rings (SSSR count). The number of benzene rings is 1. The van der Waals surface area contributed by atoms with Gasteiger partial charge in [0.05, 0.1) is 6.42 Å². The molecule has 0 fully saturated rings. The third kappa shape index (κ3) is 2.40. The van der Waals surface area contributed by atoms with Crippen LogP contribution in [0.5, 0.6) is 0 Å². The van der Waals surface area contributed by atoms with Crippen LogP contribution in [0.3, 0.4) is 0 Å². The molecule has 1 aromatic carbocycles. The lowest BCUT2D eigenvalue weighted by atomic mass is 9.89. The number of rotatable bonds is 3. The lowest BCUT2D eigenvalue weighted by Gasteiger charge is -2.25. The summed E-state index contributed by atoms with van der Waals surface area (Å²) in [5.41, 5.74) is 8.57. The number of likely N-dealkylation sites (N-methyl/N-ethyl adjacent to an activating group) is 1. The molecule has 0 radical (unpaired) electrons. The van der Waals surface area contributed by atoms with E-state index in [1.807, 2.05) is 18.2 Å². The number of imide groups is 1. The van der Waals surface area contributed by atoms with Crippen molar-refractivity contribution in [1.29, 1.82) is 0 Å². The van der Waals surface area contributed by atoms with Gasteiger partial charge >= 0.3 is 0 Å². The van der Waals surface area contributed by atoms with Crippen LogP contribution < -0.4 is 5.73 Å². The van der Waals surface area contributed by atoms with E-state index in [-0.39, 0.29) is 24.3 Å². The maximum Gasteiger partial charge on any atom is 0.260 e. The molecule has 0 aromatic heterocycles. The second-order valence-corrected chi connectivity index (χ2v) is 5.26. The zero-order chi connectivity index (χ0) is 14.2. The normalized spacial score (nSPS) is 18.2. The van der Waals surface area contributed by atoms with Gasteiger partial charge in [-0.15, -0.1) is 0 Å². The summed E-state index contributed by atoms with van der Waals surface area (Å²) in [6, 6.07) is 5.56. The van der Waals surface area contributed by atoms with Crippen molar-refractivity contribution in [1.82, 2.24) is 4.90 Å². The Hall–Kier alpha value is -1.68. The summed E-state index contributed by atoms with van der Waals surface area (Å²) in [7, 11) is 1.52. The molecule has 1 heterocycles. The molecule has 2 amide bonds. The highest BCUT2D eigenvalue weighted by atomic mass is 16.2. The first-order chi connectivity index (χ1) is 8.95. The average Bonchev–Trinajstić information content (AvgIpc) is 2.43. The van der Waals surface area contributed by atoms with Crippen molar-refractivity contribution >= 4 is 11.8 Å². The highest BCUT2D eigenvalue weighted by Crippen LogP contribution is 2.26. The van der Waals surface area contributed by atoms with E-state index in [9.17, 15) is 9.59 Å². The topological polar surface area (TPSA) is 63.4 Å². The van der Waals surface area contributed by atoms with E-state index in [1.54, 1.807) is 0 Å². The summed E-state index contributed by atoms with van der Waals surface area (Å²) in [6.07, 6.45) is 1.28. The Labute approximate surface area is 113 Å². The van der Waals surface area contributed by atoms with Crippen molar-refractivity contribution in [3.05, 3.63) is 34.9 Å². The van der Waals surface area contributed by atoms with Crippen LogP contribution in [0.1, 0.15) is 47.8 Å². The third-order valence-electron chi connectivity index (χ3n) is 4.03. The van der Waals surface area contributed by atoms with E-state index in [2.05, 4.69) is 13.8 Å². The van der Waals surface area contributed by atoms with E-state index in [0.29, 0.717) is 11.5 Å². The fraction of sp³-hybridized carbons (Fsp3) is 0.467. The van der Waals surface area contributed by atoms with Crippen LogP contribution >= 0.6 is 0 Å². The minimum atomic E-state index is -0.232. The van der Waals surface area contributed by atoms with Crippen LogP contribution in [0.4, 0.5) is 0 Å². The average molecular weight is 260 g/mol. The smallest absolute Gasteiger partial charge is 0.260 e. The fourth-order valence-electron chi connectivity index (χ4n) is 2.31. The molecular weight excluding hydrogens is 240 g/mol. The highest BCUT2D eigenvalue weighted by Gasteiger charge is 2.28. The highest BCUT2D eigenvalue weighted by molar-refractivity contribution is 6.09. The molecule has 4 heteroatoms. The summed E-state index contributed by atoms with van der Waals surface area (Å²) < 4.78 is 0. The molecule has 1 aliphatic heterocycles. The van der Waals surface area contributed by atoms with E-state index in [1.165, 1.54) is 11.9 Å². The van der Waals surface area contributed by atoms with Crippen LogP contribution in [-0.2, 0) is 11.2 Å². The summed E-state index contributed by atoms with van der Waals surface area (Å²) in [5.74, 6) is -0.0305. The second kappa shape index (κ2) is 5.13. The standard InChI is InChI=1S/C15H20N2O2/c1-4-9(2)14(16)11-6-5-10-8-13(18)17(3)15(19)12(10)7-11/h5-7,9,14H,4,8,16H2,1-3H3. The molecule has 0 saturated carbocycles. The van der Waals surface area contributed by atoms with Crippen LogP contribution in [0.15, 0.2) is 18.2 Å². The number of hydrogen-bond donors (Lipinski definition) is 1. The number of fused-ring (bicyclic) bond motifs is 1. The van der Waals surface area contributed by atoms with Gasteiger partial charge < -0.3 is 5.73 Å². The Morgan fingerprint density at radius 3 is 2.68 bits per heavy atom. The number of hydrogen-bond acceptors (Lipinski definition) is 3. The number of nitrogens with two attached hydrogens (primary N) is 1. The zero-order valence-electron chi connectivity index (χ0n) is 11.6. The first-order valence-corrected chi connectivity index (χ1v) is 6.65. The molecular formula is C15H20N2O2. The second-order valence-electron chi connectivity index (χ2n) is 5.26. The number of carbonyl (C=O) groups is 2. The van der Waals surface area contributed by atoms with Gasteiger partial charge in [0.15, 0.2) is 0 Å². The predicted molar refractivity (Wildman–Crippen MR) is 73.6 cm³/mol. The number of nitrogens with zero attached hydrogens (tertiary/aromatic N) is 1. The quantitative estimate of drug-likeness (QED) is 0.844. The summed E-state index contributed by atoms with van der Waals surface area (Å²) in [6.45, 7) is 4.20. The molecule has 0 aliphatic carbocycles. The lowest BCUT2D eigenvalue weighted by molar-refractivity contribution is -0.127. The maximum absolute atomic E-state index is 12.1. The summed E-state index contributed by atoms with van der Waals surface area (Å²) in [4.78, 5) is 24.9. The van der Waals surface area contributed by atoms with Crippen LogP contribution in [-0.4, -0.2) is 23.8 Å². The van der Waals surface area contributed by atoms with Gasteiger partial charge in [-0.25, -0.2) is 0 Å². The molecule has 1 aliphatic rings. The van der Waals surface area contributed by atoms with Gasteiger partial charge in [0.2, 0.25) is 5.91 Å². The van der Waals surface area contributed by atoms with Crippen molar-refractivity contribution in [2.24, 2.45) is 11.7 Å². The minimum absolute atomic E-state index is 0.0777. The molecule has 0 saturated heterocycles. The molecule has 2 unspecified atom stereocenters. The van der Waals surface area contributed by atoms with Crippen LogP contribution in [0.25, 0.3) is 0 Å². The molecule has 1 aromatic rings. The Morgan fingerprint density at radius 2 is 2.05 bits per heavy atom. The lowest BCUT2D eigenvalue weighted by Crippen LogP contribution is -2.39. The molecule has 0 bridgehead atoms. The molecule has 0 spiro atoms. The Morgan fingerprint density at radius 1 is 1.37 bits per heavy atom. The largest absolute Gasteiger partial charge is 0.324 e. The van der Waals surface area contributed by atoms with Crippen molar-refractivity contribution in [2.75, 3.05) is 7.05 Å². The first kappa shape index (κ1) is 13.7. The fourth-order valence-corrected chi connectivity index (χ4v) is 2.31. The maximum atomic E-state index is 12.1. The predicted octanol–water partition coefficient (Wildman–Crippen LogP) is 1.89. The summed E-state index contributed by atoms with van der Waals surface area (Å²) >= 11 is 0. The molecule has 4 nitrogen and oxygen atoms in total. The zero-order valence-corrected chi connectivity index (χ0v) is 11.6. The number of amides is 2. The van der Waals surface area contributed by atoms with E-state index < -0.39 is 0 Å². The minimum Gasteiger partial charge on any atom is -0.324 e. The Bertz CT molecular complexity index is 525. The van der Waals surface area contributed by atoms with E-state index >= 15 is 0 Å².